The predicted octanol–water partition coefficient (Wildman–Crippen LogP) is 1.68. The summed E-state index contributed by atoms with van der Waals surface area (Å²) in [5, 5.41) is 6.58. The highest BCUT2D eigenvalue weighted by Gasteiger charge is 2.15. The molecule has 0 aliphatic carbocycles. The maximum absolute atomic E-state index is 12.4. The molecule has 98 valence electrons. The van der Waals surface area contributed by atoms with Gasteiger partial charge in [0.2, 0.25) is 5.78 Å². The lowest BCUT2D eigenvalue weighted by Crippen LogP contribution is -2.08. The first-order chi connectivity index (χ1) is 9.75. The van der Waals surface area contributed by atoms with Gasteiger partial charge in [-0.2, -0.15) is 5.10 Å². The van der Waals surface area contributed by atoms with Gasteiger partial charge in [0, 0.05) is 18.0 Å². The van der Waals surface area contributed by atoms with Crippen LogP contribution in [-0.4, -0.2) is 25.9 Å². The number of nitrogens with two attached hydrogens (primary N) is 1. The Morgan fingerprint density at radius 2 is 2.10 bits per heavy atom. The lowest BCUT2D eigenvalue weighted by molar-refractivity contribution is 0.103. The van der Waals surface area contributed by atoms with Crippen molar-refractivity contribution in [1.29, 1.82) is 0 Å². The van der Waals surface area contributed by atoms with E-state index in [9.17, 15) is 4.79 Å². The van der Waals surface area contributed by atoms with E-state index in [1.807, 2.05) is 6.07 Å². The second kappa shape index (κ2) is 4.93. The highest BCUT2D eigenvalue weighted by atomic mass is 16.1. The van der Waals surface area contributed by atoms with Gasteiger partial charge in [0.25, 0.3) is 0 Å². The van der Waals surface area contributed by atoms with E-state index in [0.717, 1.165) is 5.56 Å². The van der Waals surface area contributed by atoms with Crippen LogP contribution in [-0.2, 0) is 0 Å². The zero-order chi connectivity index (χ0) is 13.9. The summed E-state index contributed by atoms with van der Waals surface area (Å²) in [5.74, 6) is -0.0473. The van der Waals surface area contributed by atoms with Crippen molar-refractivity contribution in [2.45, 2.75) is 0 Å². The third kappa shape index (κ3) is 2.14. The zero-order valence-corrected chi connectivity index (χ0v) is 10.4. The summed E-state index contributed by atoms with van der Waals surface area (Å²) in [4.78, 5) is 20.6. The van der Waals surface area contributed by atoms with Crippen LogP contribution in [0.1, 0.15) is 16.1 Å². The van der Waals surface area contributed by atoms with E-state index < -0.39 is 0 Å². The van der Waals surface area contributed by atoms with Crippen molar-refractivity contribution in [2.24, 2.45) is 0 Å². The molecule has 0 unspecified atom stereocenters. The fourth-order valence-electron chi connectivity index (χ4n) is 1.86. The van der Waals surface area contributed by atoms with E-state index in [1.54, 1.807) is 42.9 Å². The molecule has 6 heteroatoms. The minimum absolute atomic E-state index is 0.202. The van der Waals surface area contributed by atoms with Gasteiger partial charge >= 0.3 is 0 Å². The van der Waals surface area contributed by atoms with Crippen molar-refractivity contribution >= 4 is 11.6 Å². The Bertz CT molecular complexity index is 752. The number of nitrogen functional groups attached to an aromatic ring is 1. The molecule has 0 radical (unpaired) electrons. The Hall–Kier alpha value is -3.02. The van der Waals surface area contributed by atoms with E-state index in [0.29, 0.717) is 17.0 Å². The monoisotopic (exact) mass is 265 g/mol. The van der Waals surface area contributed by atoms with Crippen molar-refractivity contribution < 1.29 is 4.79 Å². The van der Waals surface area contributed by atoms with Gasteiger partial charge in [0.05, 0.1) is 17.5 Å². The standard InChI is InChI=1S/C14H11N5O/c15-14-10(3-2-6-16-14)13(20)12-5-1-4-11(19-12)9-7-17-18-8-9/h1-8H,(H2,15,16)(H,17,18). The number of pyridine rings is 2. The lowest BCUT2D eigenvalue weighted by atomic mass is 10.1. The second-order valence-electron chi connectivity index (χ2n) is 4.16. The summed E-state index contributed by atoms with van der Waals surface area (Å²) >= 11 is 0. The Morgan fingerprint density at radius 1 is 1.20 bits per heavy atom. The molecule has 0 fully saturated rings. The molecule has 20 heavy (non-hydrogen) atoms. The number of hydrogen-bond donors (Lipinski definition) is 2. The number of aromatic amines is 1. The Labute approximate surface area is 114 Å². The van der Waals surface area contributed by atoms with Crippen LogP contribution in [0.15, 0.2) is 48.9 Å². The number of H-pyrrole nitrogens is 1. The van der Waals surface area contributed by atoms with Gasteiger partial charge in [-0.1, -0.05) is 6.07 Å². The molecule has 0 aromatic carbocycles. The van der Waals surface area contributed by atoms with Gasteiger partial charge in [-0.15, -0.1) is 0 Å². The van der Waals surface area contributed by atoms with Crippen molar-refractivity contribution in [2.75, 3.05) is 5.73 Å². The maximum Gasteiger partial charge on any atom is 0.215 e. The molecule has 0 aliphatic heterocycles. The molecule has 0 aliphatic rings. The van der Waals surface area contributed by atoms with Crippen molar-refractivity contribution in [1.82, 2.24) is 20.2 Å². The summed E-state index contributed by atoms with van der Waals surface area (Å²) < 4.78 is 0. The molecule has 0 saturated carbocycles. The summed E-state index contributed by atoms with van der Waals surface area (Å²) in [6.45, 7) is 0. The molecular formula is C14H11N5O. The number of nitrogens with zero attached hydrogens (tertiary/aromatic N) is 3. The Morgan fingerprint density at radius 3 is 2.85 bits per heavy atom. The summed E-state index contributed by atoms with van der Waals surface area (Å²) in [7, 11) is 0. The van der Waals surface area contributed by atoms with E-state index >= 15 is 0 Å². The third-order valence-corrected chi connectivity index (χ3v) is 2.86. The first-order valence-corrected chi connectivity index (χ1v) is 5.97. The van der Waals surface area contributed by atoms with Crippen LogP contribution in [0.2, 0.25) is 0 Å². The SMILES string of the molecule is Nc1ncccc1C(=O)c1cccc(-c2cn[nH]c2)n1. The molecule has 3 aromatic rings. The van der Waals surface area contributed by atoms with Crippen LogP contribution in [0.25, 0.3) is 11.3 Å². The largest absolute Gasteiger partial charge is 0.383 e. The number of anilines is 1. The normalized spacial score (nSPS) is 10.4. The number of carbonyl (C=O) groups is 1. The van der Waals surface area contributed by atoms with Crippen LogP contribution in [0.4, 0.5) is 5.82 Å². The van der Waals surface area contributed by atoms with Gasteiger partial charge in [-0.25, -0.2) is 9.97 Å². The number of aromatic nitrogens is 4. The molecule has 0 amide bonds. The summed E-state index contributed by atoms with van der Waals surface area (Å²) in [5.41, 5.74) is 7.88. The molecule has 0 spiro atoms. The van der Waals surface area contributed by atoms with Crippen molar-refractivity contribution in [3.63, 3.8) is 0 Å². The van der Waals surface area contributed by atoms with E-state index in [-0.39, 0.29) is 11.6 Å². The Balaban J connectivity index is 2.01. The molecule has 0 saturated heterocycles. The number of ketones is 1. The molecule has 3 N–H and O–H groups in total. The fraction of sp³-hybridized carbons (Fsp3) is 0. The average molecular weight is 265 g/mol. The number of nitrogens with one attached hydrogen (secondary N) is 1. The fourth-order valence-corrected chi connectivity index (χ4v) is 1.86. The molecule has 3 rings (SSSR count). The molecule has 3 heterocycles. The first kappa shape index (κ1) is 12.0. The topological polar surface area (TPSA) is 97.5 Å². The number of carbonyl (C=O) groups excluding carboxylic acids is 1. The van der Waals surface area contributed by atoms with Gasteiger partial charge in [-0.3, -0.25) is 9.89 Å². The highest BCUT2D eigenvalue weighted by Crippen LogP contribution is 2.18. The van der Waals surface area contributed by atoms with Gasteiger partial charge in [0.15, 0.2) is 0 Å². The van der Waals surface area contributed by atoms with E-state index in [4.69, 9.17) is 5.73 Å². The number of rotatable bonds is 3. The molecule has 0 bridgehead atoms. The summed E-state index contributed by atoms with van der Waals surface area (Å²) in [6, 6.07) is 8.54. The quantitative estimate of drug-likeness (QED) is 0.702. The van der Waals surface area contributed by atoms with Gasteiger partial charge in [-0.05, 0) is 24.3 Å². The molecule has 3 aromatic heterocycles. The predicted molar refractivity (Wildman–Crippen MR) is 73.9 cm³/mol. The molecular weight excluding hydrogens is 254 g/mol. The van der Waals surface area contributed by atoms with Crippen LogP contribution >= 0.6 is 0 Å². The average Bonchev–Trinajstić information content (AvgIpc) is 3.01. The Kier molecular flexibility index (Phi) is 2.96. The van der Waals surface area contributed by atoms with Crippen LogP contribution in [0.5, 0.6) is 0 Å². The number of hydrogen-bond acceptors (Lipinski definition) is 5. The third-order valence-electron chi connectivity index (χ3n) is 2.86. The van der Waals surface area contributed by atoms with E-state index in [1.165, 1.54) is 0 Å². The zero-order valence-electron chi connectivity index (χ0n) is 10.4. The lowest BCUT2D eigenvalue weighted by Gasteiger charge is -2.04. The van der Waals surface area contributed by atoms with Crippen molar-refractivity contribution in [3.8, 4) is 11.3 Å². The van der Waals surface area contributed by atoms with E-state index in [2.05, 4.69) is 20.2 Å². The van der Waals surface area contributed by atoms with Gasteiger partial charge < -0.3 is 5.73 Å². The summed E-state index contributed by atoms with van der Waals surface area (Å²) in [6.07, 6.45) is 4.91. The maximum atomic E-state index is 12.4. The first-order valence-electron chi connectivity index (χ1n) is 5.97. The minimum Gasteiger partial charge on any atom is -0.383 e. The van der Waals surface area contributed by atoms with Gasteiger partial charge in [0.1, 0.15) is 11.5 Å². The van der Waals surface area contributed by atoms with Crippen LogP contribution in [0.3, 0.4) is 0 Å². The smallest absolute Gasteiger partial charge is 0.215 e. The molecule has 6 nitrogen and oxygen atoms in total. The molecule has 0 atom stereocenters. The minimum atomic E-state index is -0.249. The van der Waals surface area contributed by atoms with Crippen molar-refractivity contribution in [3.05, 3.63) is 60.2 Å². The van der Waals surface area contributed by atoms with Crippen LogP contribution < -0.4 is 5.73 Å². The second-order valence-corrected chi connectivity index (χ2v) is 4.16. The highest BCUT2D eigenvalue weighted by molar-refractivity contribution is 6.10. The van der Waals surface area contributed by atoms with Crippen LogP contribution in [0, 0.1) is 0 Å².